The third-order valence-electron chi connectivity index (χ3n) is 3.02. The van der Waals surface area contributed by atoms with Gasteiger partial charge in [-0.2, -0.15) is 0 Å². The molecule has 1 aromatic rings. The zero-order valence-electron chi connectivity index (χ0n) is 10.8. The molecule has 4 heteroatoms. The summed E-state index contributed by atoms with van der Waals surface area (Å²) in [6, 6.07) is 1.94. The maximum absolute atomic E-state index is 6.19. The highest BCUT2D eigenvalue weighted by Crippen LogP contribution is 2.42. The summed E-state index contributed by atoms with van der Waals surface area (Å²) in [7, 11) is 3.21. The first kappa shape index (κ1) is 14.1. The van der Waals surface area contributed by atoms with Crippen LogP contribution in [0.2, 0.25) is 5.02 Å². The van der Waals surface area contributed by atoms with Crippen molar-refractivity contribution in [3.8, 4) is 11.5 Å². The van der Waals surface area contributed by atoms with Gasteiger partial charge in [0.2, 0.25) is 0 Å². The molecule has 0 saturated heterocycles. The Morgan fingerprint density at radius 1 is 1.29 bits per heavy atom. The number of halogens is 1. The summed E-state index contributed by atoms with van der Waals surface area (Å²) >= 11 is 6.19. The molecule has 0 spiro atoms. The number of methoxy groups -OCH3 is 2. The van der Waals surface area contributed by atoms with Gasteiger partial charge in [0.05, 0.1) is 19.2 Å². The average Bonchev–Trinajstić information content (AvgIpc) is 2.31. The minimum absolute atomic E-state index is 0.359. The van der Waals surface area contributed by atoms with Crippen LogP contribution < -0.4 is 15.2 Å². The quantitative estimate of drug-likeness (QED) is 0.882. The minimum Gasteiger partial charge on any atom is -0.493 e. The molecule has 0 bridgehead atoms. The molecule has 1 rings (SSSR count). The van der Waals surface area contributed by atoms with E-state index < -0.39 is 0 Å². The first-order valence-electron chi connectivity index (χ1n) is 5.67. The van der Waals surface area contributed by atoms with Gasteiger partial charge in [0.1, 0.15) is 0 Å². The van der Waals surface area contributed by atoms with E-state index in [0.717, 1.165) is 17.5 Å². The zero-order valence-corrected chi connectivity index (χ0v) is 11.6. The summed E-state index contributed by atoms with van der Waals surface area (Å²) in [6.45, 7) is 4.81. The number of ether oxygens (including phenoxy) is 2. The molecule has 2 N–H and O–H groups in total. The van der Waals surface area contributed by atoms with Gasteiger partial charge in [-0.1, -0.05) is 18.5 Å². The van der Waals surface area contributed by atoms with E-state index in [1.54, 1.807) is 14.2 Å². The highest BCUT2D eigenvalue weighted by Gasteiger charge is 2.18. The second kappa shape index (κ2) is 6.12. The predicted octanol–water partition coefficient (Wildman–Crippen LogP) is 3.12. The molecular formula is C13H20ClNO2. The monoisotopic (exact) mass is 257 g/mol. The van der Waals surface area contributed by atoms with Crippen molar-refractivity contribution in [3.63, 3.8) is 0 Å². The molecule has 0 aromatic heterocycles. The van der Waals surface area contributed by atoms with E-state index in [4.69, 9.17) is 26.8 Å². The normalized spacial score (nSPS) is 12.4. The highest BCUT2D eigenvalue weighted by atomic mass is 35.5. The Labute approximate surface area is 108 Å². The molecule has 96 valence electrons. The molecule has 0 aliphatic rings. The number of rotatable bonds is 5. The topological polar surface area (TPSA) is 44.5 Å². The predicted molar refractivity (Wildman–Crippen MR) is 71.4 cm³/mol. The van der Waals surface area contributed by atoms with Crippen molar-refractivity contribution in [1.29, 1.82) is 0 Å². The van der Waals surface area contributed by atoms with Crippen LogP contribution in [0.3, 0.4) is 0 Å². The van der Waals surface area contributed by atoms with Crippen LogP contribution in [0.25, 0.3) is 0 Å². The van der Waals surface area contributed by atoms with Crippen molar-refractivity contribution in [2.45, 2.75) is 26.2 Å². The molecule has 3 nitrogen and oxygen atoms in total. The lowest BCUT2D eigenvalue weighted by molar-refractivity contribution is 0.352. The summed E-state index contributed by atoms with van der Waals surface area (Å²) < 4.78 is 10.6. The Hall–Kier alpha value is -0.930. The van der Waals surface area contributed by atoms with E-state index in [1.807, 2.05) is 13.0 Å². The van der Waals surface area contributed by atoms with E-state index in [-0.39, 0.29) is 0 Å². The van der Waals surface area contributed by atoms with Crippen LogP contribution in [0.4, 0.5) is 0 Å². The maximum atomic E-state index is 6.19. The largest absolute Gasteiger partial charge is 0.493 e. The zero-order chi connectivity index (χ0) is 13.0. The average molecular weight is 258 g/mol. The Morgan fingerprint density at radius 2 is 1.88 bits per heavy atom. The second-order valence-electron chi connectivity index (χ2n) is 4.12. The standard InChI is InChI=1S/C13H20ClNO2/c1-8(5-6-15)10-7-11(14)13(17-4)12(16-3)9(10)2/h7-8H,5-6,15H2,1-4H3. The Kier molecular flexibility index (Phi) is 5.09. The smallest absolute Gasteiger partial charge is 0.179 e. The van der Waals surface area contributed by atoms with Crippen LogP contribution in [0, 0.1) is 6.92 Å². The molecule has 0 radical (unpaired) electrons. The van der Waals surface area contributed by atoms with Gasteiger partial charge < -0.3 is 15.2 Å². The molecular weight excluding hydrogens is 238 g/mol. The van der Waals surface area contributed by atoms with Gasteiger partial charge in [0.25, 0.3) is 0 Å². The summed E-state index contributed by atoms with van der Waals surface area (Å²) in [5.41, 5.74) is 7.82. The molecule has 0 fully saturated rings. The Balaban J connectivity index is 3.30. The van der Waals surface area contributed by atoms with Crippen molar-refractivity contribution in [2.24, 2.45) is 5.73 Å². The molecule has 0 amide bonds. The molecule has 0 saturated carbocycles. The van der Waals surface area contributed by atoms with Crippen LogP contribution in [0.5, 0.6) is 11.5 Å². The summed E-state index contributed by atoms with van der Waals surface area (Å²) in [4.78, 5) is 0. The van der Waals surface area contributed by atoms with Gasteiger partial charge in [-0.3, -0.25) is 0 Å². The Bertz CT molecular complexity index is 393. The van der Waals surface area contributed by atoms with Crippen molar-refractivity contribution in [1.82, 2.24) is 0 Å². The van der Waals surface area contributed by atoms with E-state index in [2.05, 4.69) is 6.92 Å². The highest BCUT2D eigenvalue weighted by molar-refractivity contribution is 6.32. The number of nitrogens with two attached hydrogens (primary N) is 1. The van der Waals surface area contributed by atoms with Gasteiger partial charge in [-0.25, -0.2) is 0 Å². The van der Waals surface area contributed by atoms with Crippen molar-refractivity contribution in [3.05, 3.63) is 22.2 Å². The van der Waals surface area contributed by atoms with Gasteiger partial charge in [0.15, 0.2) is 11.5 Å². The first-order chi connectivity index (χ1) is 8.06. The molecule has 0 aliphatic heterocycles. The lowest BCUT2D eigenvalue weighted by Gasteiger charge is -2.19. The van der Waals surface area contributed by atoms with Crippen LogP contribution in [-0.2, 0) is 0 Å². The van der Waals surface area contributed by atoms with Crippen LogP contribution in [0.15, 0.2) is 6.07 Å². The van der Waals surface area contributed by atoms with Crippen molar-refractivity contribution in [2.75, 3.05) is 20.8 Å². The maximum Gasteiger partial charge on any atom is 0.179 e. The third kappa shape index (κ3) is 2.85. The molecule has 1 unspecified atom stereocenters. The number of hydrogen-bond donors (Lipinski definition) is 1. The third-order valence-corrected chi connectivity index (χ3v) is 3.30. The fraction of sp³-hybridized carbons (Fsp3) is 0.538. The van der Waals surface area contributed by atoms with E-state index in [1.165, 1.54) is 0 Å². The lowest BCUT2D eigenvalue weighted by atomic mass is 9.93. The van der Waals surface area contributed by atoms with E-state index >= 15 is 0 Å². The van der Waals surface area contributed by atoms with Gasteiger partial charge in [-0.05, 0) is 43.0 Å². The minimum atomic E-state index is 0.359. The van der Waals surface area contributed by atoms with Crippen LogP contribution in [-0.4, -0.2) is 20.8 Å². The molecule has 1 aromatic carbocycles. The van der Waals surface area contributed by atoms with Crippen LogP contribution >= 0.6 is 11.6 Å². The molecule has 17 heavy (non-hydrogen) atoms. The number of hydrogen-bond acceptors (Lipinski definition) is 3. The van der Waals surface area contributed by atoms with Crippen molar-refractivity contribution < 1.29 is 9.47 Å². The SMILES string of the molecule is COc1c(Cl)cc(C(C)CCN)c(C)c1OC. The summed E-state index contributed by atoms with van der Waals surface area (Å²) in [6.07, 6.45) is 0.923. The van der Waals surface area contributed by atoms with E-state index in [9.17, 15) is 0 Å². The summed E-state index contributed by atoms with van der Waals surface area (Å²) in [5.74, 6) is 1.66. The van der Waals surface area contributed by atoms with Gasteiger partial charge in [-0.15, -0.1) is 0 Å². The first-order valence-corrected chi connectivity index (χ1v) is 6.05. The molecule has 1 atom stereocenters. The molecule has 0 aliphatic carbocycles. The fourth-order valence-electron chi connectivity index (χ4n) is 2.07. The second-order valence-corrected chi connectivity index (χ2v) is 4.52. The Morgan fingerprint density at radius 3 is 2.35 bits per heavy atom. The number of benzene rings is 1. The van der Waals surface area contributed by atoms with Gasteiger partial charge in [0, 0.05) is 0 Å². The van der Waals surface area contributed by atoms with E-state index in [0.29, 0.717) is 29.0 Å². The van der Waals surface area contributed by atoms with Gasteiger partial charge >= 0.3 is 0 Å². The molecule has 0 heterocycles. The van der Waals surface area contributed by atoms with Crippen molar-refractivity contribution >= 4 is 11.6 Å². The van der Waals surface area contributed by atoms with Crippen LogP contribution in [0.1, 0.15) is 30.4 Å². The fourth-order valence-corrected chi connectivity index (χ4v) is 2.35. The summed E-state index contributed by atoms with van der Waals surface area (Å²) in [5, 5.41) is 0.578. The lowest BCUT2D eigenvalue weighted by Crippen LogP contribution is -2.07.